The molecule has 3 rings (SSSR count). The quantitative estimate of drug-likeness (QED) is 0.388. The van der Waals surface area contributed by atoms with Crippen LogP contribution in [0.15, 0.2) is 48.5 Å². The third-order valence-corrected chi connectivity index (χ3v) is 4.52. The van der Waals surface area contributed by atoms with Gasteiger partial charge in [0.1, 0.15) is 11.6 Å². The molecule has 0 unspecified atom stereocenters. The van der Waals surface area contributed by atoms with Crippen LogP contribution in [-0.4, -0.2) is 54.5 Å². The molecule has 0 bridgehead atoms. The molecule has 9 nitrogen and oxygen atoms in total. The largest absolute Gasteiger partial charge is 0.573 e. The van der Waals surface area contributed by atoms with Crippen LogP contribution in [0.2, 0.25) is 0 Å². The third kappa shape index (κ3) is 5.53. The maximum atomic E-state index is 12.8. The van der Waals surface area contributed by atoms with Gasteiger partial charge in [0.2, 0.25) is 0 Å². The second-order valence-corrected chi connectivity index (χ2v) is 6.75. The summed E-state index contributed by atoms with van der Waals surface area (Å²) in [5.41, 5.74) is 6.36. The van der Waals surface area contributed by atoms with Gasteiger partial charge in [-0.1, -0.05) is 0 Å². The topological polar surface area (TPSA) is 138 Å². The van der Waals surface area contributed by atoms with Crippen molar-refractivity contribution < 1.29 is 37.3 Å². The SMILES string of the molecule is N=C(N)c1ccc(NC(=O)[C@H](O)[C@H]2OCCN(c3ccc(OC(F)(F)F)cc3)C2=O)cc1. The van der Waals surface area contributed by atoms with Crippen molar-refractivity contribution in [3.05, 3.63) is 54.1 Å². The number of hydrogen-bond acceptors (Lipinski definition) is 6. The van der Waals surface area contributed by atoms with Gasteiger partial charge in [-0.05, 0) is 48.5 Å². The van der Waals surface area contributed by atoms with Crippen molar-refractivity contribution in [1.29, 1.82) is 5.41 Å². The number of rotatable bonds is 6. The molecule has 1 aliphatic rings. The van der Waals surface area contributed by atoms with E-state index in [0.717, 1.165) is 12.1 Å². The van der Waals surface area contributed by atoms with E-state index in [4.69, 9.17) is 15.9 Å². The van der Waals surface area contributed by atoms with Crippen LogP contribution in [0, 0.1) is 5.41 Å². The van der Waals surface area contributed by atoms with E-state index in [0.29, 0.717) is 11.3 Å². The Morgan fingerprint density at radius 2 is 1.84 bits per heavy atom. The molecule has 0 aliphatic carbocycles. The summed E-state index contributed by atoms with van der Waals surface area (Å²) < 4.78 is 46.0. The second-order valence-electron chi connectivity index (χ2n) is 6.75. The first-order valence-electron chi connectivity index (χ1n) is 9.27. The molecule has 2 atom stereocenters. The van der Waals surface area contributed by atoms with Crippen LogP contribution >= 0.6 is 0 Å². The van der Waals surface area contributed by atoms with E-state index in [1.807, 2.05) is 0 Å². The number of aliphatic hydroxyl groups is 1. The molecule has 0 aromatic heterocycles. The Hall–Kier alpha value is -3.64. The number of amidine groups is 1. The smallest absolute Gasteiger partial charge is 0.406 e. The van der Waals surface area contributed by atoms with Crippen molar-refractivity contribution in [3.63, 3.8) is 0 Å². The van der Waals surface area contributed by atoms with Gasteiger partial charge in [-0.25, -0.2) is 0 Å². The summed E-state index contributed by atoms with van der Waals surface area (Å²) in [5.74, 6) is -2.22. The van der Waals surface area contributed by atoms with Crippen LogP contribution in [0.4, 0.5) is 24.5 Å². The van der Waals surface area contributed by atoms with Gasteiger partial charge in [-0.2, -0.15) is 0 Å². The van der Waals surface area contributed by atoms with Crippen LogP contribution in [0.3, 0.4) is 0 Å². The molecular formula is C20H19F3N4O5. The predicted octanol–water partition coefficient (Wildman–Crippen LogP) is 1.60. The van der Waals surface area contributed by atoms with E-state index in [1.165, 1.54) is 41.3 Å². The van der Waals surface area contributed by atoms with Gasteiger partial charge in [0.25, 0.3) is 11.8 Å². The Morgan fingerprint density at radius 1 is 1.22 bits per heavy atom. The number of nitrogens with zero attached hydrogens (tertiary/aromatic N) is 1. The number of nitrogen functional groups attached to an aromatic ring is 1. The van der Waals surface area contributed by atoms with E-state index in [2.05, 4.69) is 10.1 Å². The first-order valence-corrected chi connectivity index (χ1v) is 9.27. The molecule has 170 valence electrons. The van der Waals surface area contributed by atoms with Crippen molar-refractivity contribution in [2.24, 2.45) is 5.73 Å². The number of halogens is 3. The summed E-state index contributed by atoms with van der Waals surface area (Å²) in [4.78, 5) is 26.4. The van der Waals surface area contributed by atoms with Crippen LogP contribution < -0.4 is 20.7 Å². The highest BCUT2D eigenvalue weighted by atomic mass is 19.4. The molecule has 2 amide bonds. The molecule has 1 saturated heterocycles. The van der Waals surface area contributed by atoms with Gasteiger partial charge in [-0.15, -0.1) is 13.2 Å². The van der Waals surface area contributed by atoms with Crippen molar-refractivity contribution in [3.8, 4) is 5.75 Å². The minimum absolute atomic E-state index is 0.00510. The highest BCUT2D eigenvalue weighted by Gasteiger charge is 2.39. The Bertz CT molecular complexity index is 996. The van der Waals surface area contributed by atoms with Crippen molar-refractivity contribution in [2.45, 2.75) is 18.6 Å². The fraction of sp³-hybridized carbons (Fsp3) is 0.250. The lowest BCUT2D eigenvalue weighted by Gasteiger charge is -2.34. The molecular weight excluding hydrogens is 433 g/mol. The van der Waals surface area contributed by atoms with E-state index >= 15 is 0 Å². The number of alkyl halides is 3. The highest BCUT2D eigenvalue weighted by molar-refractivity contribution is 6.04. The number of nitrogens with two attached hydrogens (primary N) is 1. The van der Waals surface area contributed by atoms with Gasteiger partial charge >= 0.3 is 6.36 Å². The Morgan fingerprint density at radius 3 is 2.41 bits per heavy atom. The number of anilines is 2. The fourth-order valence-electron chi connectivity index (χ4n) is 3.00. The lowest BCUT2D eigenvalue weighted by molar-refractivity contribution is -0.274. The number of nitrogens with one attached hydrogen (secondary N) is 2. The number of morpholine rings is 1. The van der Waals surface area contributed by atoms with Crippen LogP contribution in [0.5, 0.6) is 5.75 Å². The van der Waals surface area contributed by atoms with Crippen LogP contribution in [0.25, 0.3) is 0 Å². The summed E-state index contributed by atoms with van der Waals surface area (Å²) in [5, 5.41) is 20.2. The van der Waals surface area contributed by atoms with Gasteiger partial charge in [0, 0.05) is 23.5 Å². The number of amides is 2. The first-order chi connectivity index (χ1) is 15.0. The molecule has 1 heterocycles. The summed E-state index contributed by atoms with van der Waals surface area (Å²) in [6.45, 7) is 0.0739. The molecule has 5 N–H and O–H groups in total. The summed E-state index contributed by atoms with van der Waals surface area (Å²) in [6.07, 6.45) is -8.19. The van der Waals surface area contributed by atoms with E-state index in [-0.39, 0.29) is 24.7 Å². The molecule has 0 saturated carbocycles. The molecule has 2 aromatic carbocycles. The normalized spacial score (nSPS) is 17.6. The van der Waals surface area contributed by atoms with E-state index < -0.39 is 36.1 Å². The van der Waals surface area contributed by atoms with Gasteiger partial charge in [0.15, 0.2) is 12.2 Å². The molecule has 32 heavy (non-hydrogen) atoms. The van der Waals surface area contributed by atoms with Crippen molar-refractivity contribution >= 4 is 29.0 Å². The second kappa shape index (κ2) is 9.24. The Balaban J connectivity index is 1.67. The standard InChI is InChI=1S/C20H19F3N4O5/c21-20(22,23)32-14-7-5-13(6-8-14)27-9-10-31-16(19(27)30)15(28)18(29)26-12-3-1-11(2-4-12)17(24)25/h1-8,15-16,28H,9-10H2,(H3,24,25)(H,26,29)/t15-,16-/m1/s1. The average Bonchev–Trinajstić information content (AvgIpc) is 2.73. The van der Waals surface area contributed by atoms with E-state index in [1.54, 1.807) is 0 Å². The summed E-state index contributed by atoms with van der Waals surface area (Å²) in [6, 6.07) is 10.6. The Kier molecular flexibility index (Phi) is 6.65. The minimum Gasteiger partial charge on any atom is -0.406 e. The third-order valence-electron chi connectivity index (χ3n) is 4.52. The fourth-order valence-corrected chi connectivity index (χ4v) is 3.00. The van der Waals surface area contributed by atoms with Gasteiger partial charge in [-0.3, -0.25) is 15.0 Å². The lowest BCUT2D eigenvalue weighted by atomic mass is 10.1. The number of carbonyl (C=O) groups excluding carboxylic acids is 2. The van der Waals surface area contributed by atoms with Gasteiger partial charge < -0.3 is 30.5 Å². The number of ether oxygens (including phenoxy) is 2. The average molecular weight is 452 g/mol. The molecule has 2 aromatic rings. The molecule has 12 heteroatoms. The zero-order chi connectivity index (χ0) is 23.5. The monoisotopic (exact) mass is 452 g/mol. The number of carbonyl (C=O) groups is 2. The number of aliphatic hydroxyl groups excluding tert-OH is 1. The molecule has 1 fully saturated rings. The maximum Gasteiger partial charge on any atom is 0.573 e. The number of benzene rings is 2. The van der Waals surface area contributed by atoms with Crippen LogP contribution in [0.1, 0.15) is 5.56 Å². The predicted molar refractivity (Wildman–Crippen MR) is 107 cm³/mol. The molecule has 0 spiro atoms. The van der Waals surface area contributed by atoms with Gasteiger partial charge in [0.05, 0.1) is 6.61 Å². The zero-order valence-corrected chi connectivity index (χ0v) is 16.4. The molecule has 1 aliphatic heterocycles. The first kappa shape index (κ1) is 23.0. The summed E-state index contributed by atoms with van der Waals surface area (Å²) in [7, 11) is 0. The molecule has 0 radical (unpaired) electrons. The number of hydrogen-bond donors (Lipinski definition) is 4. The zero-order valence-electron chi connectivity index (χ0n) is 16.4. The summed E-state index contributed by atoms with van der Waals surface area (Å²) >= 11 is 0. The maximum absolute atomic E-state index is 12.8. The van der Waals surface area contributed by atoms with E-state index in [9.17, 15) is 27.9 Å². The minimum atomic E-state index is -4.84. The van der Waals surface area contributed by atoms with Crippen molar-refractivity contribution in [2.75, 3.05) is 23.4 Å². The highest BCUT2D eigenvalue weighted by Crippen LogP contribution is 2.27. The lowest BCUT2D eigenvalue weighted by Crippen LogP contribution is -2.55. The Labute approximate surface area is 180 Å². The van der Waals surface area contributed by atoms with Crippen LogP contribution in [-0.2, 0) is 14.3 Å². The van der Waals surface area contributed by atoms with Crippen molar-refractivity contribution in [1.82, 2.24) is 0 Å².